The highest BCUT2D eigenvalue weighted by Crippen LogP contribution is 2.23. The van der Waals surface area contributed by atoms with Crippen LogP contribution in [0.25, 0.3) is 0 Å². The zero-order valence-corrected chi connectivity index (χ0v) is 16.2. The Kier molecular flexibility index (Phi) is 6.23. The van der Waals surface area contributed by atoms with Crippen LogP contribution >= 0.6 is 15.9 Å². The van der Waals surface area contributed by atoms with Gasteiger partial charge in [-0.3, -0.25) is 9.59 Å². The Morgan fingerprint density at radius 3 is 2.11 bits per heavy atom. The fourth-order valence-corrected chi connectivity index (χ4v) is 3.32. The van der Waals surface area contributed by atoms with Gasteiger partial charge in [-0.25, -0.2) is 4.39 Å². The molecule has 0 spiro atoms. The second-order valence-electron chi connectivity index (χ2n) is 6.08. The summed E-state index contributed by atoms with van der Waals surface area (Å²) in [6.45, 7) is -2.24. The van der Waals surface area contributed by atoms with Crippen LogP contribution in [0.5, 0.6) is 5.75 Å². The smallest absolute Gasteiger partial charge is 0.387 e. The molecule has 2 amide bonds. The van der Waals surface area contributed by atoms with Crippen LogP contribution in [0, 0.1) is 5.82 Å². The van der Waals surface area contributed by atoms with E-state index < -0.39 is 24.2 Å². The van der Waals surface area contributed by atoms with Crippen LogP contribution in [0.3, 0.4) is 0 Å². The molecule has 1 heterocycles. The van der Waals surface area contributed by atoms with Crippen LogP contribution in [-0.2, 0) is 0 Å². The van der Waals surface area contributed by atoms with Crippen molar-refractivity contribution in [3.8, 4) is 5.75 Å². The first-order chi connectivity index (χ1) is 13.4. The quantitative estimate of drug-likeness (QED) is 0.703. The number of benzene rings is 2. The molecular weight excluding hydrogens is 441 g/mol. The van der Waals surface area contributed by atoms with E-state index in [2.05, 4.69) is 20.7 Å². The van der Waals surface area contributed by atoms with Crippen LogP contribution in [0.1, 0.15) is 20.7 Å². The summed E-state index contributed by atoms with van der Waals surface area (Å²) in [6, 6.07) is 9.88. The van der Waals surface area contributed by atoms with Gasteiger partial charge in [-0.15, -0.1) is 0 Å². The summed E-state index contributed by atoms with van der Waals surface area (Å²) in [7, 11) is 0. The van der Waals surface area contributed by atoms with E-state index in [9.17, 15) is 22.8 Å². The van der Waals surface area contributed by atoms with Crippen LogP contribution in [-0.4, -0.2) is 54.4 Å². The summed E-state index contributed by atoms with van der Waals surface area (Å²) < 4.78 is 44.0. The first-order valence-electron chi connectivity index (χ1n) is 8.44. The lowest BCUT2D eigenvalue weighted by atomic mass is 10.1. The lowest BCUT2D eigenvalue weighted by Gasteiger charge is -2.35. The topological polar surface area (TPSA) is 49.9 Å². The Bertz CT molecular complexity index is 886. The van der Waals surface area contributed by atoms with Crippen LogP contribution < -0.4 is 4.74 Å². The largest absolute Gasteiger partial charge is 0.434 e. The van der Waals surface area contributed by atoms with E-state index in [0.29, 0.717) is 4.47 Å². The minimum absolute atomic E-state index is 0.0283. The van der Waals surface area contributed by atoms with Crippen molar-refractivity contribution in [1.82, 2.24) is 9.80 Å². The highest BCUT2D eigenvalue weighted by atomic mass is 79.9. The molecule has 1 aliphatic heterocycles. The maximum Gasteiger partial charge on any atom is 0.387 e. The van der Waals surface area contributed by atoms with Crippen molar-refractivity contribution in [2.75, 3.05) is 26.2 Å². The number of ether oxygens (including phenoxy) is 1. The molecule has 0 atom stereocenters. The number of amides is 2. The molecule has 28 heavy (non-hydrogen) atoms. The van der Waals surface area contributed by atoms with E-state index in [1.807, 2.05) is 0 Å². The Balaban J connectivity index is 1.68. The van der Waals surface area contributed by atoms with Gasteiger partial charge in [-0.2, -0.15) is 8.78 Å². The Labute approximate surface area is 167 Å². The average Bonchev–Trinajstić information content (AvgIpc) is 2.69. The van der Waals surface area contributed by atoms with Gasteiger partial charge in [0.1, 0.15) is 11.6 Å². The van der Waals surface area contributed by atoms with E-state index in [1.165, 1.54) is 46.2 Å². The summed E-state index contributed by atoms with van der Waals surface area (Å²) >= 11 is 3.21. The third kappa shape index (κ3) is 4.46. The predicted molar refractivity (Wildman–Crippen MR) is 99.0 cm³/mol. The fraction of sp³-hybridized carbons (Fsp3) is 0.263. The van der Waals surface area contributed by atoms with E-state index >= 15 is 0 Å². The zero-order valence-electron chi connectivity index (χ0n) is 14.6. The molecule has 0 bridgehead atoms. The summed E-state index contributed by atoms with van der Waals surface area (Å²) in [4.78, 5) is 28.1. The lowest BCUT2D eigenvalue weighted by molar-refractivity contribution is -0.0503. The minimum Gasteiger partial charge on any atom is -0.434 e. The molecule has 2 aromatic carbocycles. The van der Waals surface area contributed by atoms with Crippen molar-refractivity contribution in [3.63, 3.8) is 0 Å². The van der Waals surface area contributed by atoms with E-state index in [0.717, 1.165) is 0 Å². The number of rotatable bonds is 4. The van der Waals surface area contributed by atoms with E-state index in [4.69, 9.17) is 0 Å². The molecule has 0 unspecified atom stereocenters. The molecule has 148 valence electrons. The van der Waals surface area contributed by atoms with Crippen molar-refractivity contribution in [2.24, 2.45) is 0 Å². The van der Waals surface area contributed by atoms with Crippen molar-refractivity contribution < 1.29 is 27.5 Å². The second-order valence-corrected chi connectivity index (χ2v) is 7.00. The number of para-hydroxylation sites is 1. The van der Waals surface area contributed by atoms with Crippen molar-refractivity contribution >= 4 is 27.7 Å². The van der Waals surface area contributed by atoms with Crippen LogP contribution in [0.4, 0.5) is 13.2 Å². The number of hydrogen-bond acceptors (Lipinski definition) is 3. The molecule has 0 N–H and O–H groups in total. The molecular formula is C19H16BrF3N2O3. The third-order valence-electron chi connectivity index (χ3n) is 4.35. The monoisotopic (exact) mass is 456 g/mol. The second kappa shape index (κ2) is 8.64. The molecule has 0 aromatic heterocycles. The van der Waals surface area contributed by atoms with Crippen molar-refractivity contribution in [1.29, 1.82) is 0 Å². The average molecular weight is 457 g/mol. The summed E-state index contributed by atoms with van der Waals surface area (Å²) in [5.41, 5.74) is -0.0227. The molecule has 5 nitrogen and oxygen atoms in total. The van der Waals surface area contributed by atoms with Gasteiger partial charge in [-0.05, 0) is 30.3 Å². The first kappa shape index (κ1) is 20.2. The van der Waals surface area contributed by atoms with Gasteiger partial charge < -0.3 is 14.5 Å². The highest BCUT2D eigenvalue weighted by Gasteiger charge is 2.28. The summed E-state index contributed by atoms with van der Waals surface area (Å²) in [5.74, 6) is -1.74. The maximum atomic E-state index is 13.9. The molecule has 1 saturated heterocycles. The number of alkyl halides is 2. The molecule has 0 aliphatic carbocycles. The standard InChI is InChI=1S/C19H16BrF3N2O3/c20-12-5-6-15(21)14(11-12)18(27)25-9-7-24(8-10-25)17(26)13-3-1-2-4-16(13)28-19(22)23/h1-6,11,19H,7-10H2. The lowest BCUT2D eigenvalue weighted by Crippen LogP contribution is -2.50. The molecule has 0 radical (unpaired) electrons. The number of carbonyl (C=O) groups excluding carboxylic acids is 2. The Morgan fingerprint density at radius 1 is 0.929 bits per heavy atom. The van der Waals surface area contributed by atoms with Crippen LogP contribution in [0.2, 0.25) is 0 Å². The number of nitrogens with zero attached hydrogens (tertiary/aromatic N) is 2. The minimum atomic E-state index is -3.04. The Morgan fingerprint density at radius 2 is 1.50 bits per heavy atom. The molecule has 3 rings (SSSR count). The SMILES string of the molecule is O=C(c1cc(Br)ccc1F)N1CCN(C(=O)c2ccccc2OC(F)F)CC1. The van der Waals surface area contributed by atoms with Crippen LogP contribution in [0.15, 0.2) is 46.9 Å². The van der Waals surface area contributed by atoms with Gasteiger partial charge in [0.05, 0.1) is 11.1 Å². The fourth-order valence-electron chi connectivity index (χ4n) is 2.96. The van der Waals surface area contributed by atoms with E-state index in [1.54, 1.807) is 6.07 Å². The zero-order chi connectivity index (χ0) is 20.3. The molecule has 1 aliphatic rings. The summed E-state index contributed by atoms with van der Waals surface area (Å²) in [6.07, 6.45) is 0. The van der Waals surface area contributed by atoms with Gasteiger partial charge in [-0.1, -0.05) is 28.1 Å². The summed E-state index contributed by atoms with van der Waals surface area (Å²) in [5, 5.41) is 0. The highest BCUT2D eigenvalue weighted by molar-refractivity contribution is 9.10. The molecule has 2 aromatic rings. The molecule has 1 fully saturated rings. The maximum absolute atomic E-state index is 13.9. The van der Waals surface area contributed by atoms with Gasteiger partial charge in [0.2, 0.25) is 0 Å². The van der Waals surface area contributed by atoms with Gasteiger partial charge in [0.15, 0.2) is 0 Å². The number of halogens is 4. The van der Waals surface area contributed by atoms with Gasteiger partial charge >= 0.3 is 6.61 Å². The predicted octanol–water partition coefficient (Wildman–Crippen LogP) is 3.79. The number of carbonyl (C=O) groups is 2. The molecule has 9 heteroatoms. The molecule has 0 saturated carbocycles. The Hall–Kier alpha value is -2.55. The normalized spacial score (nSPS) is 14.3. The number of hydrogen-bond donors (Lipinski definition) is 0. The first-order valence-corrected chi connectivity index (χ1v) is 9.23. The van der Waals surface area contributed by atoms with E-state index in [-0.39, 0.29) is 43.1 Å². The van der Waals surface area contributed by atoms with Crippen molar-refractivity contribution in [2.45, 2.75) is 6.61 Å². The number of piperazine rings is 1. The third-order valence-corrected chi connectivity index (χ3v) is 4.84. The van der Waals surface area contributed by atoms with Crippen molar-refractivity contribution in [3.05, 3.63) is 63.9 Å². The van der Waals surface area contributed by atoms with Gasteiger partial charge in [0.25, 0.3) is 11.8 Å². The van der Waals surface area contributed by atoms with Gasteiger partial charge in [0, 0.05) is 30.7 Å².